The van der Waals surface area contributed by atoms with Gasteiger partial charge in [-0.3, -0.25) is 11.6 Å². The molecule has 2 unspecified atom stereocenters. The quantitative estimate of drug-likeness (QED) is 0.0602. The Hall–Kier alpha value is -0.810. The third-order valence-electron chi connectivity index (χ3n) is 8.45. The number of quaternary nitrogens is 13. The van der Waals surface area contributed by atoms with Gasteiger partial charge in [0.2, 0.25) is 0 Å². The number of phosphoric acid groups is 1. The molecule has 0 aromatic heterocycles. The molecular formula is C51H144N13O14P. The first-order valence-electron chi connectivity index (χ1n) is 29.6. The van der Waals surface area contributed by atoms with E-state index in [9.17, 15) is 51.1 Å². The van der Waals surface area contributed by atoms with E-state index in [1.165, 1.54) is 83.5 Å². The Morgan fingerprint density at radius 2 is 0.392 bits per heavy atom. The van der Waals surface area contributed by atoms with E-state index >= 15 is 0 Å². The molecule has 0 heterocycles. The van der Waals surface area contributed by atoms with E-state index < -0.39 is 56.0 Å². The van der Waals surface area contributed by atoms with Crippen molar-refractivity contribution in [3.63, 3.8) is 0 Å². The van der Waals surface area contributed by atoms with Gasteiger partial charge in [-0.25, -0.2) is 11.6 Å². The summed E-state index contributed by atoms with van der Waals surface area (Å²) in [6, 6.07) is 0. The maximum absolute atomic E-state index is 10.6. The highest BCUT2D eigenvalue weighted by Crippen LogP contribution is 2.24. The molecule has 79 heavy (non-hydrogen) atoms. The van der Waals surface area contributed by atoms with Crippen LogP contribution in [-0.2, 0) is 4.57 Å². The third kappa shape index (κ3) is 138. The van der Waals surface area contributed by atoms with E-state index in [0.717, 1.165) is 85.1 Å². The minimum Gasteiger partial charge on any atom is -0.865 e. The van der Waals surface area contributed by atoms with Crippen molar-refractivity contribution in [3.8, 4) is 0 Å². The highest BCUT2D eigenvalue weighted by molar-refractivity contribution is 7.40. The van der Waals surface area contributed by atoms with Crippen molar-refractivity contribution in [2.75, 3.05) is 85.1 Å². The van der Waals surface area contributed by atoms with Crippen LogP contribution in [0.2, 0.25) is 0 Å². The lowest BCUT2D eigenvalue weighted by Gasteiger charge is -2.82. The van der Waals surface area contributed by atoms with Gasteiger partial charge < -0.3 is 145 Å². The van der Waals surface area contributed by atoms with Crippen LogP contribution in [0.5, 0.6) is 0 Å². The molecule has 0 aromatic carbocycles. The fraction of sp³-hybridized carbons (Fsp3) is 1.00. The van der Waals surface area contributed by atoms with Crippen molar-refractivity contribution in [2.24, 2.45) is 0 Å². The molecule has 2 rings (SSSR count). The smallest absolute Gasteiger partial charge is 0.0737 e. The molecule has 0 aliphatic heterocycles. The van der Waals surface area contributed by atoms with Crippen molar-refractivity contribution in [2.45, 2.75) is 247 Å². The molecular weight excluding hydrogens is 1050 g/mol. The van der Waals surface area contributed by atoms with Gasteiger partial charge in [0.1, 0.15) is 0 Å². The van der Waals surface area contributed by atoms with Crippen LogP contribution >= 0.6 is 7.82 Å². The minimum atomic E-state index is -5.39. The highest BCUT2D eigenvalue weighted by atomic mass is 31.2. The maximum Gasteiger partial charge on any atom is 0.0737 e. The zero-order valence-corrected chi connectivity index (χ0v) is 55.0. The lowest BCUT2D eigenvalue weighted by Crippen LogP contribution is -2.89. The van der Waals surface area contributed by atoms with Gasteiger partial charge in [0.05, 0.1) is 85.1 Å². The summed E-state index contributed by atoms with van der Waals surface area (Å²) in [5, 5.41) is 106. The molecule has 502 valence electrons. The van der Waals surface area contributed by atoms with Crippen LogP contribution in [0.4, 0.5) is 0 Å². The molecule has 0 aromatic rings. The van der Waals surface area contributed by atoms with Crippen LogP contribution in [-0.4, -0.2) is 120 Å². The SMILES string of the molecule is CCC[NH3+].CCC[NH3+].CCC[NH3+].CCC[NH3+].CCC[NH3+].CCC[NH3+].CCC[NH3+].CCC[NH3+].CCC[NH3+].CCC[NH3+].CCC[NH3+].CCC[NH3+].CCC[NH3+].O=P([O-])([O-])[O-].[O-]C1CCCC([O-])([O-])C1([O-])[O-].[O-]C1CCCC([O-])([O-])C1([O-])[O-]. The van der Waals surface area contributed by atoms with Crippen LogP contribution in [0.25, 0.3) is 0 Å². The summed E-state index contributed by atoms with van der Waals surface area (Å²) in [6.45, 7) is 41.4. The van der Waals surface area contributed by atoms with E-state index in [1.54, 1.807) is 0 Å². The second kappa shape index (κ2) is 99.3. The van der Waals surface area contributed by atoms with Gasteiger partial charge in [0.15, 0.2) is 0 Å². The van der Waals surface area contributed by atoms with Crippen molar-refractivity contribution in [1.82, 2.24) is 0 Å². The summed E-state index contributed by atoms with van der Waals surface area (Å²) in [6.07, 6.45) is 10.3. The zero-order chi connectivity index (χ0) is 66.3. The molecule has 0 saturated heterocycles. The van der Waals surface area contributed by atoms with Crippen LogP contribution in [0.1, 0.15) is 212 Å². The third-order valence-corrected chi connectivity index (χ3v) is 8.45. The Morgan fingerprint density at radius 1 is 0.304 bits per heavy atom. The lowest BCUT2D eigenvalue weighted by atomic mass is 9.86. The summed E-state index contributed by atoms with van der Waals surface area (Å²) in [5.74, 6) is -14.0. The summed E-state index contributed by atoms with van der Waals surface area (Å²) in [5.41, 5.74) is 46.9. The maximum atomic E-state index is 10.6. The largest absolute Gasteiger partial charge is 0.865 e. The molecule has 2 aliphatic rings. The van der Waals surface area contributed by atoms with Crippen LogP contribution in [0.15, 0.2) is 0 Å². The number of hydrogen-bond acceptors (Lipinski definition) is 14. The van der Waals surface area contributed by atoms with Crippen molar-refractivity contribution < 1.29 is 145 Å². The van der Waals surface area contributed by atoms with Crippen LogP contribution in [0.3, 0.4) is 0 Å². The van der Waals surface area contributed by atoms with Crippen molar-refractivity contribution in [3.05, 3.63) is 0 Å². The van der Waals surface area contributed by atoms with Gasteiger partial charge in [-0.1, -0.05) is 129 Å². The highest BCUT2D eigenvalue weighted by Gasteiger charge is 2.19. The molecule has 0 spiro atoms. The first-order chi connectivity index (χ1) is 36.6. The fourth-order valence-electron chi connectivity index (χ4n) is 2.26. The summed E-state index contributed by atoms with van der Waals surface area (Å²) < 4.78 is 8.55. The first kappa shape index (κ1) is 113. The van der Waals surface area contributed by atoms with Crippen molar-refractivity contribution >= 4 is 7.82 Å². The Morgan fingerprint density at radius 3 is 0.443 bits per heavy atom. The molecule has 2 saturated carbocycles. The normalized spacial score (nSPS) is 15.5. The van der Waals surface area contributed by atoms with Crippen LogP contribution < -0.4 is 140 Å². The lowest BCUT2D eigenvalue weighted by molar-refractivity contribution is -0.899. The molecule has 2 atom stereocenters. The van der Waals surface area contributed by atoms with Gasteiger partial charge in [-0.05, 0) is 83.5 Å². The Kier molecular flexibility index (Phi) is 142. The Balaban J connectivity index is -0.0000000486. The average molecular weight is 1190 g/mol. The van der Waals surface area contributed by atoms with E-state index in [2.05, 4.69) is 165 Å². The average Bonchev–Trinajstić information content (AvgIpc) is 3.44. The van der Waals surface area contributed by atoms with Gasteiger partial charge >= 0.3 is 0 Å². The van der Waals surface area contributed by atoms with E-state index in [4.69, 9.17) is 19.2 Å². The predicted octanol–water partition coefficient (Wildman–Crippen LogP) is -18.1. The second-order valence-corrected chi connectivity index (χ2v) is 18.0. The predicted molar refractivity (Wildman–Crippen MR) is 288 cm³/mol. The van der Waals surface area contributed by atoms with Gasteiger partial charge in [-0.15, -0.1) is 0 Å². The van der Waals surface area contributed by atoms with Gasteiger partial charge in [0.25, 0.3) is 0 Å². The van der Waals surface area contributed by atoms with Gasteiger partial charge in [-0.2, -0.15) is 20.0 Å². The first-order valence-corrected chi connectivity index (χ1v) is 31.1. The molecule has 0 radical (unpaired) electrons. The monoisotopic (exact) mass is 1190 g/mol. The molecule has 28 heteroatoms. The van der Waals surface area contributed by atoms with E-state index in [-0.39, 0.29) is 25.7 Å². The van der Waals surface area contributed by atoms with E-state index in [0.29, 0.717) is 0 Å². The fourth-order valence-corrected chi connectivity index (χ4v) is 2.26. The topological polar surface area (TPSA) is 676 Å². The summed E-state index contributed by atoms with van der Waals surface area (Å²) >= 11 is 0. The molecule has 2 aliphatic carbocycles. The summed E-state index contributed by atoms with van der Waals surface area (Å²) in [4.78, 5) is 25.6. The molecule has 27 nitrogen and oxygen atoms in total. The van der Waals surface area contributed by atoms with Gasteiger partial charge in [0, 0.05) is 0 Å². The molecule has 0 amide bonds. The molecule has 0 bridgehead atoms. The van der Waals surface area contributed by atoms with Crippen LogP contribution in [0, 0.1) is 0 Å². The standard InChI is InChI=1S/2C6H7O5.13C3H9N.H3O4P/c2*7-4-2-1-3-5(8,9)6(4,10)11;13*1-2-3-4;1-5(2,3)4/h2*4H,1-3H2;13*2-4H2,1H3;(H3,1,2,3,4)/q2*-5;;;;;;;;;;;;;;/p+10. The van der Waals surface area contributed by atoms with Crippen molar-refractivity contribution in [1.29, 1.82) is 0 Å². The minimum absolute atomic E-state index is 0.0907. The summed E-state index contributed by atoms with van der Waals surface area (Å²) in [7, 11) is -5.39. The zero-order valence-electron chi connectivity index (χ0n) is 54.1. The Labute approximate surface area is 483 Å². The second-order valence-electron chi connectivity index (χ2n) is 17.1. The molecule has 39 N–H and O–H groups in total. The Bertz CT molecular complexity index is 801. The van der Waals surface area contributed by atoms with E-state index in [1.807, 2.05) is 0 Å². The molecule has 2 fully saturated rings. The number of rotatable bonds is 13. The number of hydrogen-bond donors (Lipinski definition) is 13.